The second-order valence-electron chi connectivity index (χ2n) is 5.80. The molecule has 26 heavy (non-hydrogen) atoms. The molecule has 0 radical (unpaired) electrons. The van der Waals surface area contributed by atoms with Crippen LogP contribution < -0.4 is 5.32 Å². The molecule has 7 heteroatoms. The van der Waals surface area contributed by atoms with Crippen LogP contribution in [0.4, 0.5) is 5.95 Å². The molecule has 0 unspecified atom stereocenters. The predicted molar refractivity (Wildman–Crippen MR) is 98.7 cm³/mol. The number of hydrogen-bond acceptors (Lipinski definition) is 6. The molecule has 128 valence electrons. The van der Waals surface area contributed by atoms with E-state index in [9.17, 15) is 0 Å². The standard InChI is InChI=1S/C19H17N7/c1-14(15-2-4-17(5-3-15)26-13-21-12-23-26)24-19-22-11-8-18(25-19)16-6-9-20-10-7-16/h2-14H,1H3,(H,22,24,25)/t14-/m0/s1. The van der Waals surface area contributed by atoms with E-state index in [1.54, 1.807) is 29.6 Å². The topological polar surface area (TPSA) is 81.4 Å². The van der Waals surface area contributed by atoms with Gasteiger partial charge in [-0.25, -0.2) is 19.6 Å². The molecule has 4 aromatic rings. The minimum Gasteiger partial charge on any atom is -0.348 e. The monoisotopic (exact) mass is 343 g/mol. The average Bonchev–Trinajstić information content (AvgIpc) is 3.24. The van der Waals surface area contributed by atoms with Crippen LogP contribution in [0, 0.1) is 0 Å². The van der Waals surface area contributed by atoms with Gasteiger partial charge in [-0.15, -0.1) is 0 Å². The highest BCUT2D eigenvalue weighted by atomic mass is 15.3. The number of aromatic nitrogens is 6. The summed E-state index contributed by atoms with van der Waals surface area (Å²) in [6, 6.07) is 13.9. The van der Waals surface area contributed by atoms with Gasteiger partial charge in [-0.05, 0) is 42.8 Å². The van der Waals surface area contributed by atoms with Crippen molar-refractivity contribution >= 4 is 5.95 Å². The number of pyridine rings is 1. The third kappa shape index (κ3) is 3.41. The molecular formula is C19H17N7. The van der Waals surface area contributed by atoms with Crippen molar-refractivity contribution in [3.8, 4) is 16.9 Å². The quantitative estimate of drug-likeness (QED) is 0.599. The zero-order valence-electron chi connectivity index (χ0n) is 14.2. The fourth-order valence-electron chi connectivity index (χ4n) is 2.65. The minimum atomic E-state index is 0.0625. The fraction of sp³-hybridized carbons (Fsp3) is 0.105. The first kappa shape index (κ1) is 15.9. The van der Waals surface area contributed by atoms with Crippen LogP contribution in [0.5, 0.6) is 0 Å². The maximum Gasteiger partial charge on any atom is 0.223 e. The first-order valence-electron chi connectivity index (χ1n) is 8.24. The van der Waals surface area contributed by atoms with Crippen molar-refractivity contribution in [3.63, 3.8) is 0 Å². The molecular weight excluding hydrogens is 326 g/mol. The highest BCUT2D eigenvalue weighted by Crippen LogP contribution is 2.21. The molecule has 0 fully saturated rings. The van der Waals surface area contributed by atoms with E-state index in [0.717, 1.165) is 22.5 Å². The molecule has 0 aliphatic heterocycles. The highest BCUT2D eigenvalue weighted by Gasteiger charge is 2.09. The van der Waals surface area contributed by atoms with Crippen LogP contribution in [0.2, 0.25) is 0 Å². The molecule has 3 aromatic heterocycles. The second-order valence-corrected chi connectivity index (χ2v) is 5.80. The average molecular weight is 343 g/mol. The van der Waals surface area contributed by atoms with Crippen LogP contribution in [0.1, 0.15) is 18.5 Å². The summed E-state index contributed by atoms with van der Waals surface area (Å²) in [6.45, 7) is 2.08. The summed E-state index contributed by atoms with van der Waals surface area (Å²) in [7, 11) is 0. The van der Waals surface area contributed by atoms with Crippen molar-refractivity contribution in [3.05, 3.63) is 79.3 Å². The van der Waals surface area contributed by atoms with Gasteiger partial charge in [-0.2, -0.15) is 5.10 Å². The Balaban J connectivity index is 1.50. The summed E-state index contributed by atoms with van der Waals surface area (Å²) in [5.41, 5.74) is 3.97. The van der Waals surface area contributed by atoms with Crippen molar-refractivity contribution in [2.45, 2.75) is 13.0 Å². The minimum absolute atomic E-state index is 0.0625. The van der Waals surface area contributed by atoms with Crippen LogP contribution in [0.15, 0.2) is 73.7 Å². The Labute approximate surface area is 150 Å². The Hall–Kier alpha value is -3.61. The smallest absolute Gasteiger partial charge is 0.223 e. The second kappa shape index (κ2) is 7.10. The van der Waals surface area contributed by atoms with Crippen molar-refractivity contribution < 1.29 is 0 Å². The summed E-state index contributed by atoms with van der Waals surface area (Å²) < 4.78 is 1.73. The Bertz CT molecular complexity index is 966. The van der Waals surface area contributed by atoms with Gasteiger partial charge in [0.15, 0.2) is 0 Å². The zero-order valence-corrected chi connectivity index (χ0v) is 14.2. The SMILES string of the molecule is C[C@H](Nc1nccc(-c2ccncc2)n1)c1ccc(-n2cncn2)cc1. The van der Waals surface area contributed by atoms with E-state index in [2.05, 4.69) is 49.4 Å². The Morgan fingerprint density at radius 1 is 0.923 bits per heavy atom. The van der Waals surface area contributed by atoms with Gasteiger partial charge in [0, 0.05) is 24.2 Å². The maximum atomic E-state index is 4.59. The summed E-state index contributed by atoms with van der Waals surface area (Å²) in [6.07, 6.45) is 8.46. The molecule has 1 aromatic carbocycles. The lowest BCUT2D eigenvalue weighted by Crippen LogP contribution is -2.09. The number of nitrogens with zero attached hydrogens (tertiary/aromatic N) is 6. The molecule has 0 saturated carbocycles. The number of rotatable bonds is 5. The van der Waals surface area contributed by atoms with Gasteiger partial charge in [0.2, 0.25) is 5.95 Å². The van der Waals surface area contributed by atoms with E-state index >= 15 is 0 Å². The Morgan fingerprint density at radius 2 is 1.73 bits per heavy atom. The van der Waals surface area contributed by atoms with Gasteiger partial charge in [0.25, 0.3) is 0 Å². The first-order chi connectivity index (χ1) is 12.8. The van der Waals surface area contributed by atoms with Crippen LogP contribution in [0.25, 0.3) is 16.9 Å². The fourth-order valence-corrected chi connectivity index (χ4v) is 2.65. The summed E-state index contributed by atoms with van der Waals surface area (Å²) in [4.78, 5) is 16.9. The Kier molecular flexibility index (Phi) is 4.34. The normalized spacial score (nSPS) is 11.9. The predicted octanol–water partition coefficient (Wildman–Crippen LogP) is 3.29. The zero-order chi connectivity index (χ0) is 17.8. The van der Waals surface area contributed by atoms with Crippen molar-refractivity contribution in [1.82, 2.24) is 29.7 Å². The van der Waals surface area contributed by atoms with E-state index in [4.69, 9.17) is 0 Å². The van der Waals surface area contributed by atoms with E-state index in [1.807, 2.05) is 30.3 Å². The van der Waals surface area contributed by atoms with Crippen LogP contribution in [0.3, 0.4) is 0 Å². The molecule has 3 heterocycles. The molecule has 0 amide bonds. The maximum absolute atomic E-state index is 4.59. The lowest BCUT2D eigenvalue weighted by Gasteiger charge is -2.15. The van der Waals surface area contributed by atoms with Gasteiger partial charge >= 0.3 is 0 Å². The molecule has 0 aliphatic rings. The van der Waals surface area contributed by atoms with Crippen LogP contribution in [-0.4, -0.2) is 29.7 Å². The van der Waals surface area contributed by atoms with Crippen molar-refractivity contribution in [2.75, 3.05) is 5.32 Å². The number of hydrogen-bond donors (Lipinski definition) is 1. The third-order valence-corrected chi connectivity index (χ3v) is 4.05. The lowest BCUT2D eigenvalue weighted by molar-refractivity contribution is 0.850. The third-order valence-electron chi connectivity index (χ3n) is 4.05. The van der Waals surface area contributed by atoms with Gasteiger partial charge in [0.1, 0.15) is 12.7 Å². The van der Waals surface area contributed by atoms with Crippen LogP contribution in [-0.2, 0) is 0 Å². The number of nitrogens with one attached hydrogen (secondary N) is 1. The van der Waals surface area contributed by atoms with Gasteiger partial charge in [-0.1, -0.05) is 12.1 Å². The van der Waals surface area contributed by atoms with Gasteiger partial charge < -0.3 is 5.32 Å². The number of anilines is 1. The molecule has 1 atom stereocenters. The summed E-state index contributed by atoms with van der Waals surface area (Å²) >= 11 is 0. The molecule has 0 aliphatic carbocycles. The van der Waals surface area contributed by atoms with Crippen molar-refractivity contribution in [2.24, 2.45) is 0 Å². The van der Waals surface area contributed by atoms with Crippen molar-refractivity contribution in [1.29, 1.82) is 0 Å². The molecule has 7 nitrogen and oxygen atoms in total. The Morgan fingerprint density at radius 3 is 2.46 bits per heavy atom. The summed E-state index contributed by atoms with van der Waals surface area (Å²) in [5.74, 6) is 0.590. The molecule has 4 rings (SSSR count). The molecule has 1 N–H and O–H groups in total. The molecule has 0 spiro atoms. The van der Waals surface area contributed by atoms with E-state index in [0.29, 0.717) is 5.95 Å². The van der Waals surface area contributed by atoms with Gasteiger partial charge in [-0.3, -0.25) is 4.98 Å². The first-order valence-corrected chi connectivity index (χ1v) is 8.24. The number of benzene rings is 1. The van der Waals surface area contributed by atoms with E-state index < -0.39 is 0 Å². The molecule has 0 bridgehead atoms. The van der Waals surface area contributed by atoms with Gasteiger partial charge in [0.05, 0.1) is 17.4 Å². The van der Waals surface area contributed by atoms with Crippen LogP contribution >= 0.6 is 0 Å². The largest absolute Gasteiger partial charge is 0.348 e. The van der Waals surface area contributed by atoms with E-state index in [1.165, 1.54) is 6.33 Å². The molecule has 0 saturated heterocycles. The highest BCUT2D eigenvalue weighted by molar-refractivity contribution is 5.59. The van der Waals surface area contributed by atoms with E-state index in [-0.39, 0.29) is 6.04 Å². The lowest BCUT2D eigenvalue weighted by atomic mass is 10.1. The summed E-state index contributed by atoms with van der Waals surface area (Å²) in [5, 5.41) is 7.48.